The Morgan fingerprint density at radius 2 is 2.07 bits per heavy atom. The summed E-state index contributed by atoms with van der Waals surface area (Å²) < 4.78 is 5.76. The van der Waals surface area contributed by atoms with Crippen molar-refractivity contribution < 1.29 is 9.53 Å². The molecule has 1 unspecified atom stereocenters. The minimum Gasteiger partial charge on any atom is -0.493 e. The van der Waals surface area contributed by atoms with Gasteiger partial charge in [0.2, 0.25) is 5.91 Å². The van der Waals surface area contributed by atoms with Crippen molar-refractivity contribution in [2.45, 2.75) is 38.1 Å². The lowest BCUT2D eigenvalue weighted by Crippen LogP contribution is -2.38. The Hall–Kier alpha value is -2.05. The third kappa shape index (κ3) is 4.67. The number of nitrogens with zero attached hydrogens (tertiary/aromatic N) is 3. The molecule has 150 valence electrons. The predicted octanol–water partition coefficient (Wildman–Crippen LogP) is 3.44. The first-order valence-corrected chi connectivity index (χ1v) is 10.5. The first-order chi connectivity index (χ1) is 13.7. The summed E-state index contributed by atoms with van der Waals surface area (Å²) in [6.45, 7) is 3.85. The van der Waals surface area contributed by atoms with E-state index in [1.165, 1.54) is 0 Å². The number of carbonyl (C=O) groups excluding carboxylic acids is 1. The number of H-pyrrole nitrogens is 1. The van der Waals surface area contributed by atoms with E-state index < -0.39 is 0 Å². The standard InChI is InChI=1S/C21H27ClN4O2/c22-16-5-3-6-18(13-16)28-12-8-17-14-19(24-23-17)20-7-4-11-26(20)15-21(27)25-9-1-2-10-25/h3,5-6,13-14,20H,1-2,4,7-12,15H2,(H,23,24). The molecule has 4 rings (SSSR count). The van der Waals surface area contributed by atoms with E-state index in [4.69, 9.17) is 16.3 Å². The second kappa shape index (κ2) is 8.97. The number of hydrogen-bond acceptors (Lipinski definition) is 4. The zero-order valence-electron chi connectivity index (χ0n) is 16.1. The number of ether oxygens (including phenoxy) is 1. The van der Waals surface area contributed by atoms with Crippen LogP contribution in [0.4, 0.5) is 0 Å². The van der Waals surface area contributed by atoms with Crippen molar-refractivity contribution in [1.29, 1.82) is 0 Å². The third-order valence-electron chi connectivity index (χ3n) is 5.59. The maximum Gasteiger partial charge on any atom is 0.236 e. The Balaban J connectivity index is 1.30. The largest absolute Gasteiger partial charge is 0.493 e. The molecule has 0 aliphatic carbocycles. The first kappa shape index (κ1) is 19.3. The number of benzene rings is 1. The molecule has 2 aliphatic rings. The van der Waals surface area contributed by atoms with Gasteiger partial charge in [-0.2, -0.15) is 5.10 Å². The van der Waals surface area contributed by atoms with Crippen LogP contribution in [0.15, 0.2) is 30.3 Å². The van der Waals surface area contributed by atoms with Crippen molar-refractivity contribution in [2.75, 3.05) is 32.8 Å². The van der Waals surface area contributed by atoms with E-state index in [0.717, 1.165) is 68.9 Å². The topological polar surface area (TPSA) is 61.5 Å². The zero-order valence-corrected chi connectivity index (χ0v) is 16.8. The lowest BCUT2D eigenvalue weighted by molar-refractivity contribution is -0.131. The molecule has 3 heterocycles. The van der Waals surface area contributed by atoms with Crippen molar-refractivity contribution >= 4 is 17.5 Å². The number of rotatable bonds is 7. The normalized spacial score (nSPS) is 20.0. The van der Waals surface area contributed by atoms with Gasteiger partial charge in [-0.15, -0.1) is 0 Å². The van der Waals surface area contributed by atoms with E-state index in [2.05, 4.69) is 21.2 Å². The van der Waals surface area contributed by atoms with Crippen LogP contribution in [0.5, 0.6) is 5.75 Å². The second-order valence-electron chi connectivity index (χ2n) is 7.59. The highest BCUT2D eigenvalue weighted by molar-refractivity contribution is 6.30. The molecule has 2 aromatic rings. The highest BCUT2D eigenvalue weighted by Crippen LogP contribution is 2.31. The predicted molar refractivity (Wildman–Crippen MR) is 109 cm³/mol. The highest BCUT2D eigenvalue weighted by atomic mass is 35.5. The van der Waals surface area contributed by atoms with E-state index >= 15 is 0 Å². The Bertz CT molecular complexity index is 803. The van der Waals surface area contributed by atoms with Crippen molar-refractivity contribution in [3.63, 3.8) is 0 Å². The van der Waals surface area contributed by atoms with Crippen LogP contribution in [0.25, 0.3) is 0 Å². The number of carbonyl (C=O) groups is 1. The summed E-state index contributed by atoms with van der Waals surface area (Å²) in [5.41, 5.74) is 2.08. The molecule has 2 saturated heterocycles. The molecule has 28 heavy (non-hydrogen) atoms. The molecule has 0 spiro atoms. The molecule has 0 saturated carbocycles. The quantitative estimate of drug-likeness (QED) is 0.770. The number of aromatic nitrogens is 2. The fraction of sp³-hybridized carbons (Fsp3) is 0.524. The highest BCUT2D eigenvalue weighted by Gasteiger charge is 2.31. The minimum absolute atomic E-state index is 0.227. The summed E-state index contributed by atoms with van der Waals surface area (Å²) in [5.74, 6) is 1.03. The molecule has 2 aliphatic heterocycles. The molecule has 1 atom stereocenters. The van der Waals surface area contributed by atoms with Crippen LogP contribution >= 0.6 is 11.6 Å². The molecule has 7 heteroatoms. The van der Waals surface area contributed by atoms with Crippen LogP contribution in [-0.2, 0) is 11.2 Å². The number of nitrogens with one attached hydrogen (secondary N) is 1. The van der Waals surface area contributed by atoms with Crippen LogP contribution in [0, 0.1) is 0 Å². The second-order valence-corrected chi connectivity index (χ2v) is 8.03. The third-order valence-corrected chi connectivity index (χ3v) is 5.82. The van der Waals surface area contributed by atoms with E-state index in [1.54, 1.807) is 0 Å². The molecule has 0 radical (unpaired) electrons. The van der Waals surface area contributed by atoms with Crippen molar-refractivity contribution in [2.24, 2.45) is 0 Å². The van der Waals surface area contributed by atoms with Crippen LogP contribution in [-0.4, -0.2) is 58.7 Å². The smallest absolute Gasteiger partial charge is 0.236 e. The van der Waals surface area contributed by atoms with Gasteiger partial charge < -0.3 is 9.64 Å². The molecule has 1 amide bonds. The number of aromatic amines is 1. The maximum atomic E-state index is 12.5. The number of likely N-dealkylation sites (tertiary alicyclic amines) is 2. The van der Waals surface area contributed by atoms with E-state index in [9.17, 15) is 4.79 Å². The van der Waals surface area contributed by atoms with Crippen LogP contribution < -0.4 is 4.74 Å². The van der Waals surface area contributed by atoms with Crippen molar-refractivity contribution in [3.05, 3.63) is 46.7 Å². The lowest BCUT2D eigenvalue weighted by Gasteiger charge is -2.25. The molecule has 1 N–H and O–H groups in total. The van der Waals surface area contributed by atoms with Crippen molar-refractivity contribution in [3.8, 4) is 5.75 Å². The monoisotopic (exact) mass is 402 g/mol. The summed E-state index contributed by atoms with van der Waals surface area (Å²) in [6.07, 6.45) is 5.18. The number of hydrogen-bond donors (Lipinski definition) is 1. The lowest BCUT2D eigenvalue weighted by atomic mass is 10.1. The van der Waals surface area contributed by atoms with Gasteiger partial charge in [-0.25, -0.2) is 0 Å². The Morgan fingerprint density at radius 3 is 2.89 bits per heavy atom. The van der Waals surface area contributed by atoms with Gasteiger partial charge in [-0.3, -0.25) is 14.8 Å². The Kier molecular flexibility index (Phi) is 6.17. The summed E-state index contributed by atoms with van der Waals surface area (Å²) >= 11 is 5.98. The summed E-state index contributed by atoms with van der Waals surface area (Å²) in [7, 11) is 0. The maximum absolute atomic E-state index is 12.5. The van der Waals surface area contributed by atoms with Gasteiger partial charge in [0, 0.05) is 30.2 Å². The van der Waals surface area contributed by atoms with E-state index in [-0.39, 0.29) is 11.9 Å². The van der Waals surface area contributed by atoms with Gasteiger partial charge >= 0.3 is 0 Å². The summed E-state index contributed by atoms with van der Waals surface area (Å²) in [6, 6.07) is 9.77. The molecule has 2 fully saturated rings. The summed E-state index contributed by atoms with van der Waals surface area (Å²) in [5, 5.41) is 8.33. The van der Waals surface area contributed by atoms with E-state index in [1.807, 2.05) is 29.2 Å². The van der Waals surface area contributed by atoms with Gasteiger partial charge in [0.25, 0.3) is 0 Å². The first-order valence-electron chi connectivity index (χ1n) is 10.1. The zero-order chi connectivity index (χ0) is 19.3. The minimum atomic E-state index is 0.227. The molecule has 6 nitrogen and oxygen atoms in total. The average molecular weight is 403 g/mol. The molecular formula is C21H27ClN4O2. The summed E-state index contributed by atoms with van der Waals surface area (Å²) in [4.78, 5) is 16.8. The molecular weight excluding hydrogens is 376 g/mol. The fourth-order valence-electron chi connectivity index (χ4n) is 4.10. The molecule has 1 aromatic heterocycles. The van der Waals surface area contributed by atoms with Crippen LogP contribution in [0.2, 0.25) is 5.02 Å². The van der Waals surface area contributed by atoms with Gasteiger partial charge in [-0.05, 0) is 56.5 Å². The van der Waals surface area contributed by atoms with Gasteiger partial charge in [0.15, 0.2) is 0 Å². The Labute approximate surface area is 170 Å². The van der Waals surface area contributed by atoms with E-state index in [0.29, 0.717) is 18.2 Å². The van der Waals surface area contributed by atoms with Gasteiger partial charge in [0.1, 0.15) is 5.75 Å². The van der Waals surface area contributed by atoms with Crippen molar-refractivity contribution in [1.82, 2.24) is 20.0 Å². The molecule has 1 aromatic carbocycles. The average Bonchev–Trinajstić information content (AvgIpc) is 3.43. The fourth-order valence-corrected chi connectivity index (χ4v) is 4.28. The SMILES string of the molecule is O=C(CN1CCCC1c1cc(CCOc2cccc(Cl)c2)[nH]n1)N1CCCC1. The van der Waals surface area contributed by atoms with Gasteiger partial charge in [0.05, 0.1) is 24.9 Å². The Morgan fingerprint density at radius 1 is 1.21 bits per heavy atom. The molecule has 0 bridgehead atoms. The van der Waals surface area contributed by atoms with Crippen LogP contribution in [0.3, 0.4) is 0 Å². The number of halogens is 1. The number of amides is 1. The van der Waals surface area contributed by atoms with Crippen LogP contribution in [0.1, 0.15) is 43.1 Å². The van der Waals surface area contributed by atoms with Gasteiger partial charge in [-0.1, -0.05) is 17.7 Å².